The summed E-state index contributed by atoms with van der Waals surface area (Å²) in [5.41, 5.74) is 0.395. The number of aromatic nitrogens is 1. The van der Waals surface area contributed by atoms with E-state index in [1.807, 2.05) is 11.6 Å². The Morgan fingerprint density at radius 3 is 2.58 bits per heavy atom. The summed E-state index contributed by atoms with van der Waals surface area (Å²) in [5, 5.41) is 3.31. The highest BCUT2D eigenvalue weighted by molar-refractivity contribution is 7.09. The van der Waals surface area contributed by atoms with E-state index in [1.165, 1.54) is 5.01 Å². The number of nitrogens with zero attached hydrogens (tertiary/aromatic N) is 1. The smallest absolute Gasteiger partial charge is 0.0927 e. The topological polar surface area (TPSA) is 12.9 Å². The quantitative estimate of drug-likeness (QED) is 0.685. The van der Waals surface area contributed by atoms with Crippen molar-refractivity contribution in [2.45, 2.75) is 34.1 Å². The van der Waals surface area contributed by atoms with Gasteiger partial charge >= 0.3 is 0 Å². The van der Waals surface area contributed by atoms with Gasteiger partial charge < -0.3 is 0 Å². The van der Waals surface area contributed by atoms with E-state index in [9.17, 15) is 0 Å². The molecule has 0 saturated carbocycles. The molecule has 1 unspecified atom stereocenters. The third kappa shape index (κ3) is 2.59. The summed E-state index contributed by atoms with van der Waals surface area (Å²) in [6.45, 7) is 9.14. The van der Waals surface area contributed by atoms with Crippen LogP contribution in [0.25, 0.3) is 0 Å². The lowest BCUT2D eigenvalue weighted by Gasteiger charge is -2.26. The van der Waals surface area contributed by atoms with Gasteiger partial charge in [0.25, 0.3) is 0 Å². The maximum Gasteiger partial charge on any atom is 0.0927 e. The van der Waals surface area contributed by atoms with E-state index in [2.05, 4.69) is 32.7 Å². The van der Waals surface area contributed by atoms with Crippen LogP contribution in [0.1, 0.15) is 32.7 Å². The summed E-state index contributed by atoms with van der Waals surface area (Å²) < 4.78 is 0. The standard InChI is InChI=1S/C10H17NS/c1-8(10(2,3)4)7-9-11-5-6-12-9/h5-6,8H,7H2,1-4H3. The molecule has 68 valence electrons. The average Bonchev–Trinajstić information content (AvgIpc) is 2.37. The molecule has 0 amide bonds. The Labute approximate surface area is 78.8 Å². The molecule has 1 aromatic heterocycles. The lowest BCUT2D eigenvalue weighted by molar-refractivity contribution is 0.260. The molecule has 1 atom stereocenters. The molecule has 0 bridgehead atoms. The van der Waals surface area contributed by atoms with Gasteiger partial charge in [0, 0.05) is 18.0 Å². The highest BCUT2D eigenvalue weighted by Crippen LogP contribution is 2.28. The highest BCUT2D eigenvalue weighted by Gasteiger charge is 2.20. The van der Waals surface area contributed by atoms with Crippen molar-refractivity contribution in [2.75, 3.05) is 0 Å². The van der Waals surface area contributed by atoms with Crippen molar-refractivity contribution < 1.29 is 0 Å². The predicted octanol–water partition coefficient (Wildman–Crippen LogP) is 3.37. The summed E-state index contributed by atoms with van der Waals surface area (Å²) in [4.78, 5) is 4.29. The number of thiazole rings is 1. The molecule has 1 aromatic rings. The van der Waals surface area contributed by atoms with Gasteiger partial charge in [-0.25, -0.2) is 4.98 Å². The second-order valence-electron chi connectivity index (χ2n) is 4.40. The van der Waals surface area contributed by atoms with Gasteiger partial charge in [-0.3, -0.25) is 0 Å². The zero-order valence-corrected chi connectivity index (χ0v) is 9.11. The summed E-state index contributed by atoms with van der Waals surface area (Å²) in [5.74, 6) is 0.698. The first-order valence-corrected chi connectivity index (χ1v) is 5.26. The van der Waals surface area contributed by atoms with Gasteiger partial charge in [-0.2, -0.15) is 0 Å². The van der Waals surface area contributed by atoms with E-state index >= 15 is 0 Å². The minimum Gasteiger partial charge on any atom is -0.250 e. The third-order valence-corrected chi connectivity index (χ3v) is 3.24. The maximum atomic E-state index is 4.29. The van der Waals surface area contributed by atoms with Crippen LogP contribution in [-0.4, -0.2) is 4.98 Å². The summed E-state index contributed by atoms with van der Waals surface area (Å²) in [7, 11) is 0. The van der Waals surface area contributed by atoms with Crippen LogP contribution in [0, 0.1) is 11.3 Å². The van der Waals surface area contributed by atoms with Crippen LogP contribution in [0.15, 0.2) is 11.6 Å². The van der Waals surface area contributed by atoms with Crippen LogP contribution in [0.4, 0.5) is 0 Å². The molecule has 0 aromatic carbocycles. The molecule has 0 radical (unpaired) electrons. The molecular formula is C10H17NS. The SMILES string of the molecule is CC(Cc1nccs1)C(C)(C)C. The molecule has 1 nitrogen and oxygen atoms in total. The zero-order chi connectivity index (χ0) is 9.19. The van der Waals surface area contributed by atoms with Crippen molar-refractivity contribution in [1.29, 1.82) is 0 Å². The lowest BCUT2D eigenvalue weighted by Crippen LogP contribution is -2.19. The van der Waals surface area contributed by atoms with Crippen LogP contribution in [0.2, 0.25) is 0 Å². The summed E-state index contributed by atoms with van der Waals surface area (Å²) in [6, 6.07) is 0. The molecule has 12 heavy (non-hydrogen) atoms. The van der Waals surface area contributed by atoms with E-state index in [0.29, 0.717) is 11.3 Å². The Morgan fingerprint density at radius 1 is 1.50 bits per heavy atom. The van der Waals surface area contributed by atoms with Gasteiger partial charge in [0.15, 0.2) is 0 Å². The Kier molecular flexibility index (Phi) is 2.89. The van der Waals surface area contributed by atoms with Crippen molar-refractivity contribution in [2.24, 2.45) is 11.3 Å². The molecule has 0 N–H and O–H groups in total. The fourth-order valence-electron chi connectivity index (χ4n) is 0.922. The van der Waals surface area contributed by atoms with Gasteiger partial charge in [-0.1, -0.05) is 27.7 Å². The highest BCUT2D eigenvalue weighted by atomic mass is 32.1. The Morgan fingerprint density at radius 2 is 2.17 bits per heavy atom. The zero-order valence-electron chi connectivity index (χ0n) is 8.29. The molecule has 0 aliphatic heterocycles. The van der Waals surface area contributed by atoms with Crippen LogP contribution in [-0.2, 0) is 6.42 Å². The van der Waals surface area contributed by atoms with Crippen molar-refractivity contribution in [1.82, 2.24) is 4.98 Å². The molecule has 0 saturated heterocycles. The van der Waals surface area contributed by atoms with Gasteiger partial charge in [-0.15, -0.1) is 11.3 Å². The normalized spacial score (nSPS) is 14.7. The number of hydrogen-bond acceptors (Lipinski definition) is 2. The first-order chi connectivity index (χ1) is 5.50. The molecule has 2 heteroatoms. The summed E-state index contributed by atoms with van der Waals surface area (Å²) in [6.07, 6.45) is 3.00. The molecule has 0 aliphatic carbocycles. The predicted molar refractivity (Wildman–Crippen MR) is 54.4 cm³/mol. The Bertz CT molecular complexity index is 220. The molecule has 0 aliphatic rings. The average molecular weight is 183 g/mol. The molecule has 1 rings (SSSR count). The molecule has 0 fully saturated rings. The Hall–Kier alpha value is -0.370. The van der Waals surface area contributed by atoms with Gasteiger partial charge in [0.05, 0.1) is 5.01 Å². The largest absolute Gasteiger partial charge is 0.250 e. The van der Waals surface area contributed by atoms with Crippen molar-refractivity contribution >= 4 is 11.3 Å². The first kappa shape index (κ1) is 9.72. The number of hydrogen-bond donors (Lipinski definition) is 0. The van der Waals surface area contributed by atoms with Crippen molar-refractivity contribution in [3.63, 3.8) is 0 Å². The van der Waals surface area contributed by atoms with Crippen LogP contribution >= 0.6 is 11.3 Å². The van der Waals surface area contributed by atoms with E-state index in [0.717, 1.165) is 6.42 Å². The molecular weight excluding hydrogens is 166 g/mol. The van der Waals surface area contributed by atoms with E-state index in [-0.39, 0.29) is 0 Å². The van der Waals surface area contributed by atoms with E-state index < -0.39 is 0 Å². The molecule has 1 heterocycles. The fraction of sp³-hybridized carbons (Fsp3) is 0.700. The minimum atomic E-state index is 0.395. The Balaban J connectivity index is 2.53. The lowest BCUT2D eigenvalue weighted by atomic mass is 9.80. The van der Waals surface area contributed by atoms with Crippen LogP contribution in [0.3, 0.4) is 0 Å². The third-order valence-electron chi connectivity index (χ3n) is 2.44. The monoisotopic (exact) mass is 183 g/mol. The van der Waals surface area contributed by atoms with E-state index in [1.54, 1.807) is 11.3 Å². The van der Waals surface area contributed by atoms with Gasteiger partial charge in [0.2, 0.25) is 0 Å². The number of rotatable bonds is 2. The van der Waals surface area contributed by atoms with Crippen molar-refractivity contribution in [3.05, 3.63) is 16.6 Å². The minimum absolute atomic E-state index is 0.395. The van der Waals surface area contributed by atoms with Gasteiger partial charge in [-0.05, 0) is 11.3 Å². The fourth-order valence-corrected chi connectivity index (χ4v) is 1.67. The van der Waals surface area contributed by atoms with Gasteiger partial charge in [0.1, 0.15) is 0 Å². The molecule has 0 spiro atoms. The second kappa shape index (κ2) is 3.56. The van der Waals surface area contributed by atoms with Crippen LogP contribution in [0.5, 0.6) is 0 Å². The van der Waals surface area contributed by atoms with Crippen molar-refractivity contribution in [3.8, 4) is 0 Å². The summed E-state index contributed by atoms with van der Waals surface area (Å²) >= 11 is 1.76. The maximum absolute atomic E-state index is 4.29. The first-order valence-electron chi connectivity index (χ1n) is 4.38. The van der Waals surface area contributed by atoms with E-state index in [4.69, 9.17) is 0 Å². The second-order valence-corrected chi connectivity index (χ2v) is 5.38. The van der Waals surface area contributed by atoms with Crippen LogP contribution < -0.4 is 0 Å².